The number of rotatable bonds is 6. The molecule has 1 aliphatic carbocycles. The molecule has 1 saturated carbocycles. The van der Waals surface area contributed by atoms with E-state index in [0.29, 0.717) is 35.0 Å². The number of aromatic nitrogens is 6. The molecule has 0 bridgehead atoms. The second-order valence-corrected chi connectivity index (χ2v) is 8.15. The van der Waals surface area contributed by atoms with Crippen LogP contribution in [0.4, 0.5) is 8.78 Å². The summed E-state index contributed by atoms with van der Waals surface area (Å²) < 4.78 is 40.9. The standard InChI is InChI=1S/C19H21BrF2N6O3/c1-3-31-17(29)12-8-23-28(10-12)18-24-13-14(16(25-18)30-2)27(26-15(13)20)9-11-4-6-19(21,22)7-5-11/h8,10-11H,3-7,9H2,1-2H3. The minimum Gasteiger partial charge on any atom is -0.479 e. The van der Waals surface area contributed by atoms with Gasteiger partial charge in [-0.25, -0.2) is 23.2 Å². The molecule has 31 heavy (non-hydrogen) atoms. The summed E-state index contributed by atoms with van der Waals surface area (Å²) in [6.45, 7) is 2.44. The zero-order chi connectivity index (χ0) is 22.2. The van der Waals surface area contributed by atoms with Crippen LogP contribution in [0, 0.1) is 5.92 Å². The maximum Gasteiger partial charge on any atom is 0.341 e. The quantitative estimate of drug-likeness (QED) is 0.477. The normalized spacial score (nSPS) is 16.5. The summed E-state index contributed by atoms with van der Waals surface area (Å²) in [5, 5.41) is 8.62. The molecule has 0 radical (unpaired) electrons. The zero-order valence-corrected chi connectivity index (χ0v) is 18.6. The lowest BCUT2D eigenvalue weighted by Gasteiger charge is -2.28. The second kappa shape index (κ2) is 8.48. The van der Waals surface area contributed by atoms with Crippen molar-refractivity contribution in [1.29, 1.82) is 0 Å². The van der Waals surface area contributed by atoms with Gasteiger partial charge < -0.3 is 9.47 Å². The predicted octanol–water partition coefficient (Wildman–Crippen LogP) is 3.79. The first-order valence-corrected chi connectivity index (χ1v) is 10.7. The monoisotopic (exact) mass is 498 g/mol. The maximum absolute atomic E-state index is 13.5. The van der Waals surface area contributed by atoms with E-state index in [9.17, 15) is 13.6 Å². The molecule has 0 saturated heterocycles. The first kappa shape index (κ1) is 21.6. The Labute approximate surface area is 184 Å². The van der Waals surface area contributed by atoms with E-state index in [1.165, 1.54) is 24.2 Å². The minimum atomic E-state index is -2.58. The van der Waals surface area contributed by atoms with Crippen molar-refractivity contribution in [3.05, 3.63) is 22.6 Å². The summed E-state index contributed by atoms with van der Waals surface area (Å²) in [6, 6.07) is 0. The number of methoxy groups -OCH3 is 1. The third-order valence-corrected chi connectivity index (χ3v) is 5.80. The van der Waals surface area contributed by atoms with Gasteiger partial charge in [-0.3, -0.25) is 4.68 Å². The highest BCUT2D eigenvalue weighted by Crippen LogP contribution is 2.38. The molecule has 3 aromatic heterocycles. The molecule has 4 rings (SSSR count). The lowest BCUT2D eigenvalue weighted by atomic mass is 9.87. The summed E-state index contributed by atoms with van der Waals surface area (Å²) in [5.41, 5.74) is 1.33. The summed E-state index contributed by atoms with van der Waals surface area (Å²) in [4.78, 5) is 20.8. The van der Waals surface area contributed by atoms with Gasteiger partial charge in [0.05, 0.1) is 25.5 Å². The molecule has 12 heteroatoms. The molecular weight excluding hydrogens is 478 g/mol. The van der Waals surface area contributed by atoms with Crippen molar-refractivity contribution in [1.82, 2.24) is 29.5 Å². The molecule has 0 aliphatic heterocycles. The third kappa shape index (κ3) is 4.39. The molecule has 0 amide bonds. The van der Waals surface area contributed by atoms with Crippen molar-refractivity contribution >= 4 is 32.9 Å². The van der Waals surface area contributed by atoms with Crippen LogP contribution in [0.15, 0.2) is 17.0 Å². The van der Waals surface area contributed by atoms with Gasteiger partial charge in [0.15, 0.2) is 10.1 Å². The highest BCUT2D eigenvalue weighted by molar-refractivity contribution is 9.10. The van der Waals surface area contributed by atoms with E-state index in [1.807, 2.05) is 0 Å². The van der Waals surface area contributed by atoms with Crippen molar-refractivity contribution in [3.8, 4) is 11.8 Å². The van der Waals surface area contributed by atoms with E-state index >= 15 is 0 Å². The lowest BCUT2D eigenvalue weighted by Crippen LogP contribution is -2.27. The number of halogens is 3. The van der Waals surface area contributed by atoms with E-state index in [2.05, 4.69) is 36.1 Å². The van der Waals surface area contributed by atoms with E-state index in [1.54, 1.807) is 11.6 Å². The molecule has 1 aliphatic rings. The van der Waals surface area contributed by atoms with Crippen LogP contribution in [-0.2, 0) is 11.3 Å². The van der Waals surface area contributed by atoms with Crippen LogP contribution in [0.1, 0.15) is 43.0 Å². The number of nitrogens with zero attached hydrogens (tertiary/aromatic N) is 6. The van der Waals surface area contributed by atoms with Gasteiger partial charge in [0, 0.05) is 25.6 Å². The third-order valence-electron chi connectivity index (χ3n) is 5.26. The van der Waals surface area contributed by atoms with Crippen LogP contribution < -0.4 is 4.74 Å². The Balaban J connectivity index is 1.66. The van der Waals surface area contributed by atoms with Gasteiger partial charge >= 0.3 is 5.97 Å². The fourth-order valence-corrected chi connectivity index (χ4v) is 4.13. The Bertz CT molecular complexity index is 1110. The van der Waals surface area contributed by atoms with Crippen LogP contribution in [-0.4, -0.2) is 55.1 Å². The number of fused-ring (bicyclic) bond motifs is 1. The Kier molecular flexibility index (Phi) is 5.91. The summed E-state index contributed by atoms with van der Waals surface area (Å²) in [5.74, 6) is -2.53. The molecule has 166 valence electrons. The van der Waals surface area contributed by atoms with Gasteiger partial charge in [-0.05, 0) is 41.6 Å². The molecule has 9 nitrogen and oxygen atoms in total. The van der Waals surface area contributed by atoms with Crippen LogP contribution in [0.5, 0.6) is 5.88 Å². The molecular formula is C19H21BrF2N6O3. The number of carbonyl (C=O) groups excluding carboxylic acids is 1. The first-order valence-electron chi connectivity index (χ1n) is 9.89. The minimum absolute atomic E-state index is 0.0808. The van der Waals surface area contributed by atoms with E-state index in [4.69, 9.17) is 9.47 Å². The molecule has 1 fully saturated rings. The average molecular weight is 499 g/mol. The highest BCUT2D eigenvalue weighted by atomic mass is 79.9. The van der Waals surface area contributed by atoms with Crippen molar-refractivity contribution in [2.45, 2.75) is 45.1 Å². The molecule has 0 spiro atoms. The van der Waals surface area contributed by atoms with Crippen LogP contribution >= 0.6 is 15.9 Å². The smallest absolute Gasteiger partial charge is 0.341 e. The highest BCUT2D eigenvalue weighted by Gasteiger charge is 2.35. The molecule has 0 unspecified atom stereocenters. The second-order valence-electron chi connectivity index (χ2n) is 7.40. The Morgan fingerprint density at radius 2 is 2.06 bits per heavy atom. The molecule has 3 aromatic rings. The number of ether oxygens (including phenoxy) is 2. The SMILES string of the molecule is CCOC(=O)c1cnn(-c2nc(OC)c3c(n2)c(Br)nn3CC2CCC(F)(F)CC2)c1. The van der Waals surface area contributed by atoms with Gasteiger partial charge in [-0.2, -0.15) is 15.2 Å². The summed E-state index contributed by atoms with van der Waals surface area (Å²) in [7, 11) is 1.48. The average Bonchev–Trinajstić information content (AvgIpc) is 3.35. The molecule has 0 N–H and O–H groups in total. The Morgan fingerprint density at radius 1 is 1.32 bits per heavy atom. The fourth-order valence-electron chi connectivity index (χ4n) is 3.66. The number of alkyl halides is 2. The van der Waals surface area contributed by atoms with E-state index < -0.39 is 11.9 Å². The number of hydrogen-bond acceptors (Lipinski definition) is 7. The molecule has 0 aromatic carbocycles. The maximum atomic E-state index is 13.5. The van der Waals surface area contributed by atoms with Gasteiger partial charge in [-0.1, -0.05) is 0 Å². The van der Waals surface area contributed by atoms with Crippen molar-refractivity contribution in [3.63, 3.8) is 0 Å². The van der Waals surface area contributed by atoms with Crippen molar-refractivity contribution < 1.29 is 23.0 Å². The van der Waals surface area contributed by atoms with Gasteiger partial charge in [0.1, 0.15) is 5.52 Å². The van der Waals surface area contributed by atoms with E-state index in [-0.39, 0.29) is 42.8 Å². The largest absolute Gasteiger partial charge is 0.479 e. The number of esters is 1. The van der Waals surface area contributed by atoms with Crippen molar-refractivity contribution in [2.75, 3.05) is 13.7 Å². The van der Waals surface area contributed by atoms with Crippen LogP contribution in [0.2, 0.25) is 0 Å². The summed E-state index contributed by atoms with van der Waals surface area (Å²) in [6.07, 6.45) is 3.47. The zero-order valence-electron chi connectivity index (χ0n) is 17.0. The lowest BCUT2D eigenvalue weighted by molar-refractivity contribution is -0.0475. The first-order chi connectivity index (χ1) is 14.8. The predicted molar refractivity (Wildman–Crippen MR) is 110 cm³/mol. The van der Waals surface area contributed by atoms with Gasteiger partial charge in [0.25, 0.3) is 5.95 Å². The fraction of sp³-hybridized carbons (Fsp3) is 0.526. The van der Waals surface area contributed by atoms with Crippen molar-refractivity contribution in [2.24, 2.45) is 5.92 Å². The van der Waals surface area contributed by atoms with Gasteiger partial charge in [0.2, 0.25) is 11.8 Å². The number of carbonyl (C=O) groups is 1. The Morgan fingerprint density at radius 3 is 2.74 bits per heavy atom. The number of hydrogen-bond donors (Lipinski definition) is 0. The molecule has 0 atom stereocenters. The Hall–Kier alpha value is -2.63. The topological polar surface area (TPSA) is 96.9 Å². The van der Waals surface area contributed by atoms with E-state index in [0.717, 1.165) is 0 Å². The molecule has 3 heterocycles. The van der Waals surface area contributed by atoms with Crippen LogP contribution in [0.25, 0.3) is 17.0 Å². The summed E-state index contributed by atoms with van der Waals surface area (Å²) >= 11 is 3.42. The van der Waals surface area contributed by atoms with Gasteiger partial charge in [-0.15, -0.1) is 0 Å². The van der Waals surface area contributed by atoms with Crippen LogP contribution in [0.3, 0.4) is 0 Å².